The first-order valence-corrected chi connectivity index (χ1v) is 11.7. The number of para-hydroxylation sites is 2. The van der Waals surface area contributed by atoms with Crippen molar-refractivity contribution in [1.29, 1.82) is 0 Å². The minimum absolute atomic E-state index is 0.00346. The summed E-state index contributed by atoms with van der Waals surface area (Å²) in [5, 5.41) is 8.99. The molecule has 5 aromatic rings. The zero-order valence-corrected chi connectivity index (χ0v) is 19.4. The number of aromatic nitrogens is 1. The lowest BCUT2D eigenvalue weighted by Crippen LogP contribution is -2.38. The normalized spacial score (nSPS) is 14.2. The fourth-order valence-electron chi connectivity index (χ4n) is 4.56. The first-order chi connectivity index (χ1) is 16.6. The molecule has 5 nitrogen and oxygen atoms in total. The van der Waals surface area contributed by atoms with Gasteiger partial charge in [-0.25, -0.2) is 0 Å². The molecule has 0 aliphatic carbocycles. The topological polar surface area (TPSA) is 70.1 Å². The van der Waals surface area contributed by atoms with Crippen molar-refractivity contribution in [3.63, 3.8) is 0 Å². The number of carbonyl (C=O) groups is 1. The number of nitrogens with one attached hydrogen (secondary N) is 3. The Labute approximate surface area is 199 Å². The van der Waals surface area contributed by atoms with E-state index in [4.69, 9.17) is 4.42 Å². The van der Waals surface area contributed by atoms with Crippen molar-refractivity contribution in [3.05, 3.63) is 108 Å². The van der Waals surface area contributed by atoms with E-state index in [-0.39, 0.29) is 23.9 Å². The predicted octanol–water partition coefficient (Wildman–Crippen LogP) is 6.26. The maximum Gasteiger partial charge on any atom is 0.225 e. The van der Waals surface area contributed by atoms with E-state index in [2.05, 4.69) is 33.8 Å². The summed E-state index contributed by atoms with van der Waals surface area (Å²) < 4.78 is 6.02. The summed E-state index contributed by atoms with van der Waals surface area (Å²) in [6, 6.07) is 28.0. The molecular formula is C29H29N3O2. The lowest BCUT2D eigenvalue weighted by molar-refractivity contribution is -0.126. The van der Waals surface area contributed by atoms with E-state index < -0.39 is 0 Å². The maximum atomic E-state index is 13.4. The van der Waals surface area contributed by atoms with Crippen LogP contribution in [-0.4, -0.2) is 10.9 Å². The van der Waals surface area contributed by atoms with Gasteiger partial charge >= 0.3 is 0 Å². The first kappa shape index (κ1) is 22.0. The highest BCUT2D eigenvalue weighted by atomic mass is 16.3. The monoisotopic (exact) mass is 451 g/mol. The van der Waals surface area contributed by atoms with Crippen molar-refractivity contribution >= 4 is 27.8 Å². The molecule has 0 bridgehead atoms. The fourth-order valence-corrected chi connectivity index (χ4v) is 4.56. The van der Waals surface area contributed by atoms with Crippen LogP contribution in [0.4, 0.5) is 0 Å². The van der Waals surface area contributed by atoms with Gasteiger partial charge in [0.15, 0.2) is 0 Å². The van der Waals surface area contributed by atoms with Crippen LogP contribution in [0.25, 0.3) is 21.9 Å². The van der Waals surface area contributed by atoms with Crippen LogP contribution in [0.5, 0.6) is 0 Å². The molecule has 34 heavy (non-hydrogen) atoms. The van der Waals surface area contributed by atoms with E-state index in [1.165, 1.54) is 0 Å². The van der Waals surface area contributed by atoms with Crippen LogP contribution in [-0.2, 0) is 11.3 Å². The van der Waals surface area contributed by atoms with Gasteiger partial charge in [0, 0.05) is 28.5 Å². The number of rotatable bonds is 8. The van der Waals surface area contributed by atoms with Gasteiger partial charge in [-0.2, -0.15) is 0 Å². The molecule has 0 aliphatic heterocycles. The van der Waals surface area contributed by atoms with Gasteiger partial charge in [-0.3, -0.25) is 4.79 Å². The smallest absolute Gasteiger partial charge is 0.225 e. The van der Waals surface area contributed by atoms with Crippen molar-refractivity contribution in [2.75, 3.05) is 0 Å². The second kappa shape index (κ2) is 9.57. The van der Waals surface area contributed by atoms with E-state index in [9.17, 15) is 4.79 Å². The van der Waals surface area contributed by atoms with Crippen molar-refractivity contribution in [2.24, 2.45) is 5.92 Å². The lowest BCUT2D eigenvalue weighted by Gasteiger charge is -2.26. The summed E-state index contributed by atoms with van der Waals surface area (Å²) in [6.07, 6.45) is 2.01. The third-order valence-electron chi connectivity index (χ3n) is 6.50. The van der Waals surface area contributed by atoms with E-state index in [0.29, 0.717) is 6.54 Å². The molecule has 2 aromatic heterocycles. The highest BCUT2D eigenvalue weighted by molar-refractivity contribution is 5.86. The minimum atomic E-state index is -0.310. The molecule has 0 spiro atoms. The number of hydrogen-bond donors (Lipinski definition) is 3. The summed E-state index contributed by atoms with van der Waals surface area (Å²) in [4.78, 5) is 16.7. The number of furan rings is 1. The summed E-state index contributed by atoms with van der Waals surface area (Å²) >= 11 is 0. The van der Waals surface area contributed by atoms with Gasteiger partial charge in [-0.1, -0.05) is 73.7 Å². The Morgan fingerprint density at radius 3 is 2.50 bits per heavy atom. The zero-order chi connectivity index (χ0) is 23.5. The van der Waals surface area contributed by atoms with Crippen LogP contribution in [0.2, 0.25) is 0 Å². The molecule has 0 aliphatic rings. The molecule has 0 saturated heterocycles. The summed E-state index contributed by atoms with van der Waals surface area (Å²) in [5.41, 5.74) is 4.08. The highest BCUT2D eigenvalue weighted by Crippen LogP contribution is 2.30. The van der Waals surface area contributed by atoms with Gasteiger partial charge in [-0.15, -0.1) is 0 Å². The Morgan fingerprint density at radius 1 is 0.941 bits per heavy atom. The van der Waals surface area contributed by atoms with E-state index in [1.807, 2.05) is 86.8 Å². The third-order valence-corrected chi connectivity index (χ3v) is 6.50. The standard InChI is InChI=1S/C29H29N3O2/c1-19(29(33)32-20(2)21-10-4-3-5-11-21)28(25-18-30-26-14-8-7-13-24(25)26)31-17-23-16-22-12-6-9-15-27(22)34-23/h3-16,18-20,28,30-31H,17H2,1-2H3,(H,32,33). The van der Waals surface area contributed by atoms with Gasteiger partial charge in [0.25, 0.3) is 0 Å². The first-order valence-electron chi connectivity index (χ1n) is 11.7. The van der Waals surface area contributed by atoms with Gasteiger partial charge in [-0.05, 0) is 36.2 Å². The van der Waals surface area contributed by atoms with Crippen LogP contribution < -0.4 is 10.6 Å². The Bertz CT molecular complexity index is 1370. The van der Waals surface area contributed by atoms with Gasteiger partial charge in [0.1, 0.15) is 11.3 Å². The van der Waals surface area contributed by atoms with Crippen molar-refractivity contribution in [3.8, 4) is 0 Å². The Hall–Kier alpha value is -3.83. The average molecular weight is 452 g/mol. The van der Waals surface area contributed by atoms with Crippen molar-refractivity contribution in [1.82, 2.24) is 15.6 Å². The number of fused-ring (bicyclic) bond motifs is 2. The van der Waals surface area contributed by atoms with E-state index >= 15 is 0 Å². The molecule has 3 unspecified atom stereocenters. The number of amides is 1. The van der Waals surface area contributed by atoms with Crippen molar-refractivity contribution < 1.29 is 9.21 Å². The van der Waals surface area contributed by atoms with Crippen molar-refractivity contribution in [2.45, 2.75) is 32.5 Å². The quantitative estimate of drug-likeness (QED) is 0.261. The summed E-state index contributed by atoms with van der Waals surface area (Å²) in [6.45, 7) is 4.51. The number of H-pyrrole nitrogens is 1. The Kier molecular flexibility index (Phi) is 6.19. The lowest BCUT2D eigenvalue weighted by atomic mass is 9.92. The Balaban J connectivity index is 1.40. The zero-order valence-electron chi connectivity index (χ0n) is 19.4. The SMILES string of the molecule is CC(NC(=O)C(C)C(NCc1cc2ccccc2o1)c1c[nH]c2ccccc12)c1ccccc1. The van der Waals surface area contributed by atoms with Crippen LogP contribution in [0, 0.1) is 5.92 Å². The van der Waals surface area contributed by atoms with Gasteiger partial charge in [0.2, 0.25) is 5.91 Å². The molecule has 1 amide bonds. The second-order valence-corrected chi connectivity index (χ2v) is 8.83. The second-order valence-electron chi connectivity index (χ2n) is 8.83. The molecule has 3 N–H and O–H groups in total. The number of aromatic amines is 1. The van der Waals surface area contributed by atoms with E-state index in [1.54, 1.807) is 0 Å². The van der Waals surface area contributed by atoms with Crippen LogP contribution in [0.1, 0.15) is 42.8 Å². The molecule has 0 radical (unpaired) electrons. The maximum absolute atomic E-state index is 13.4. The molecule has 172 valence electrons. The molecule has 5 heteroatoms. The summed E-state index contributed by atoms with van der Waals surface area (Å²) in [7, 11) is 0. The minimum Gasteiger partial charge on any atom is -0.460 e. The third kappa shape index (κ3) is 4.47. The van der Waals surface area contributed by atoms with E-state index in [0.717, 1.165) is 38.8 Å². The summed E-state index contributed by atoms with van der Waals surface area (Å²) in [5.74, 6) is 0.537. The fraction of sp³-hybridized carbons (Fsp3) is 0.207. The van der Waals surface area contributed by atoms with Crippen LogP contribution in [0.15, 0.2) is 95.5 Å². The molecule has 0 fully saturated rings. The highest BCUT2D eigenvalue weighted by Gasteiger charge is 2.28. The Morgan fingerprint density at radius 2 is 1.68 bits per heavy atom. The molecular weight excluding hydrogens is 422 g/mol. The van der Waals surface area contributed by atoms with Gasteiger partial charge in [0.05, 0.1) is 18.5 Å². The number of carbonyl (C=O) groups excluding carboxylic acids is 1. The van der Waals surface area contributed by atoms with Crippen LogP contribution in [0.3, 0.4) is 0 Å². The predicted molar refractivity (Wildman–Crippen MR) is 136 cm³/mol. The number of hydrogen-bond acceptors (Lipinski definition) is 3. The molecule has 2 heterocycles. The van der Waals surface area contributed by atoms with Gasteiger partial charge < -0.3 is 20.0 Å². The molecule has 5 rings (SSSR count). The molecule has 0 saturated carbocycles. The van der Waals surface area contributed by atoms with Crippen LogP contribution >= 0.6 is 0 Å². The molecule has 3 atom stereocenters. The molecule has 3 aromatic carbocycles. The number of benzene rings is 3. The average Bonchev–Trinajstić information content (AvgIpc) is 3.49. The largest absolute Gasteiger partial charge is 0.460 e.